The number of rotatable bonds is 11. The monoisotopic (exact) mass is 468 g/mol. The molecule has 2 aromatic rings. The smallest absolute Gasteiger partial charge is 0.407 e. The summed E-state index contributed by atoms with van der Waals surface area (Å²) in [6, 6.07) is 16.2. The zero-order valence-electron chi connectivity index (χ0n) is 19.8. The molecular weight excluding hydrogens is 436 g/mol. The summed E-state index contributed by atoms with van der Waals surface area (Å²) in [4.78, 5) is 38.0. The summed E-state index contributed by atoms with van der Waals surface area (Å²) in [7, 11) is 1.49. The Hall–Kier alpha value is -3.39. The first-order valence-corrected chi connectivity index (χ1v) is 11.4. The first-order chi connectivity index (χ1) is 16.3. The molecule has 3 rings (SSSR count). The number of alkyl carbamates (subject to hydrolysis) is 1. The number of ether oxygens (including phenoxy) is 2. The zero-order valence-corrected chi connectivity index (χ0v) is 19.8. The summed E-state index contributed by atoms with van der Waals surface area (Å²) in [6.07, 6.45) is -0.609. The second-order valence-corrected chi connectivity index (χ2v) is 8.70. The van der Waals surface area contributed by atoms with Crippen LogP contribution in [0.1, 0.15) is 30.9 Å². The molecular formula is C26H32N2O6. The van der Waals surface area contributed by atoms with Crippen LogP contribution in [-0.4, -0.2) is 67.9 Å². The van der Waals surface area contributed by atoms with Gasteiger partial charge >= 0.3 is 12.1 Å². The number of carbonyl (C=O) groups excluding carboxylic acids is 2. The Bertz CT molecular complexity index is 976. The van der Waals surface area contributed by atoms with Crippen LogP contribution in [0.4, 0.5) is 4.79 Å². The minimum Gasteiger partial charge on any atom is -0.480 e. The Balaban J connectivity index is 1.61. The van der Waals surface area contributed by atoms with E-state index >= 15 is 0 Å². The van der Waals surface area contributed by atoms with Crippen LogP contribution in [0.25, 0.3) is 11.1 Å². The van der Waals surface area contributed by atoms with E-state index in [1.807, 2.05) is 50.2 Å². The van der Waals surface area contributed by atoms with E-state index in [0.717, 1.165) is 22.3 Å². The average Bonchev–Trinajstić information content (AvgIpc) is 3.13. The van der Waals surface area contributed by atoms with Crippen molar-refractivity contribution >= 4 is 18.0 Å². The van der Waals surface area contributed by atoms with Gasteiger partial charge in [0.25, 0.3) is 0 Å². The number of carboxylic acids is 1. The molecule has 0 bridgehead atoms. The van der Waals surface area contributed by atoms with Crippen LogP contribution in [0.5, 0.6) is 0 Å². The molecule has 0 heterocycles. The van der Waals surface area contributed by atoms with E-state index in [0.29, 0.717) is 0 Å². The van der Waals surface area contributed by atoms with Gasteiger partial charge in [-0.2, -0.15) is 0 Å². The Morgan fingerprint density at radius 2 is 1.62 bits per heavy atom. The van der Waals surface area contributed by atoms with Crippen molar-refractivity contribution in [2.75, 3.05) is 40.0 Å². The van der Waals surface area contributed by atoms with Crippen molar-refractivity contribution < 1.29 is 29.0 Å². The lowest BCUT2D eigenvalue weighted by molar-refractivity contribution is -0.147. The van der Waals surface area contributed by atoms with Crippen LogP contribution in [0.15, 0.2) is 48.5 Å². The maximum atomic E-state index is 13.0. The number of nitrogens with zero attached hydrogens (tertiary/aromatic N) is 1. The second kappa shape index (κ2) is 11.7. The largest absolute Gasteiger partial charge is 0.480 e. The molecule has 8 nitrogen and oxygen atoms in total. The third kappa shape index (κ3) is 5.94. The molecule has 0 fully saturated rings. The summed E-state index contributed by atoms with van der Waals surface area (Å²) in [6.45, 7) is 3.92. The van der Waals surface area contributed by atoms with Crippen molar-refractivity contribution in [3.8, 4) is 11.1 Å². The highest BCUT2D eigenvalue weighted by molar-refractivity contribution is 5.84. The molecule has 34 heavy (non-hydrogen) atoms. The fraction of sp³-hybridized carbons (Fsp3) is 0.423. The molecule has 0 aromatic heterocycles. The fourth-order valence-electron chi connectivity index (χ4n) is 4.32. The minimum absolute atomic E-state index is 0.0519. The van der Waals surface area contributed by atoms with E-state index in [1.165, 1.54) is 12.0 Å². The predicted octanol–water partition coefficient (Wildman–Crippen LogP) is 3.36. The molecule has 0 spiro atoms. The van der Waals surface area contributed by atoms with Crippen LogP contribution < -0.4 is 5.32 Å². The SMILES string of the molecule is COCCN(CC(=O)O)C(=O)C(CNC(=O)OCC1c2ccccc2-c2ccccc21)C(C)C. The van der Waals surface area contributed by atoms with E-state index in [-0.39, 0.29) is 44.0 Å². The average molecular weight is 469 g/mol. The maximum absolute atomic E-state index is 13.0. The highest BCUT2D eigenvalue weighted by Gasteiger charge is 2.31. The molecule has 2 N–H and O–H groups in total. The van der Waals surface area contributed by atoms with Crippen LogP contribution in [0, 0.1) is 11.8 Å². The van der Waals surface area contributed by atoms with E-state index in [4.69, 9.17) is 14.6 Å². The van der Waals surface area contributed by atoms with Crippen LogP contribution in [-0.2, 0) is 19.1 Å². The molecule has 182 valence electrons. The number of hydrogen-bond acceptors (Lipinski definition) is 5. The van der Waals surface area contributed by atoms with Crippen LogP contribution in [0.2, 0.25) is 0 Å². The van der Waals surface area contributed by atoms with E-state index in [9.17, 15) is 14.4 Å². The van der Waals surface area contributed by atoms with Crippen molar-refractivity contribution in [1.29, 1.82) is 0 Å². The van der Waals surface area contributed by atoms with Gasteiger partial charge in [-0.05, 0) is 28.2 Å². The lowest BCUT2D eigenvalue weighted by atomic mass is 9.94. The van der Waals surface area contributed by atoms with Crippen molar-refractivity contribution in [3.63, 3.8) is 0 Å². The normalized spacial score (nSPS) is 13.2. The first-order valence-electron chi connectivity index (χ1n) is 11.4. The Labute approximate surface area is 199 Å². The predicted molar refractivity (Wildman–Crippen MR) is 127 cm³/mol. The molecule has 1 unspecified atom stereocenters. The number of benzene rings is 2. The van der Waals surface area contributed by atoms with Crippen LogP contribution >= 0.6 is 0 Å². The van der Waals surface area contributed by atoms with Gasteiger partial charge in [0.1, 0.15) is 13.2 Å². The zero-order chi connectivity index (χ0) is 24.7. The Morgan fingerprint density at radius 1 is 1.03 bits per heavy atom. The molecule has 0 saturated carbocycles. The van der Waals surface area contributed by atoms with Crippen molar-refractivity contribution in [2.45, 2.75) is 19.8 Å². The highest BCUT2D eigenvalue weighted by Crippen LogP contribution is 2.44. The molecule has 0 saturated heterocycles. The standard InChI is InChI=1S/C26H32N2O6/c1-17(2)22(25(31)28(12-13-33-3)15-24(29)30)14-27-26(32)34-16-23-20-10-6-4-8-18(20)19-9-5-7-11-21(19)23/h4-11,17,22-23H,12-16H2,1-3H3,(H,27,32)(H,29,30). The van der Waals surface area contributed by atoms with Crippen molar-refractivity contribution in [3.05, 3.63) is 59.7 Å². The summed E-state index contributed by atoms with van der Waals surface area (Å²) < 4.78 is 10.5. The van der Waals surface area contributed by atoms with Gasteiger partial charge in [0.2, 0.25) is 5.91 Å². The van der Waals surface area contributed by atoms with Gasteiger partial charge < -0.3 is 24.8 Å². The lowest BCUT2D eigenvalue weighted by Gasteiger charge is -2.28. The quantitative estimate of drug-likeness (QED) is 0.524. The number of aliphatic carboxylic acids is 1. The third-order valence-electron chi connectivity index (χ3n) is 6.14. The van der Waals surface area contributed by atoms with E-state index < -0.39 is 24.5 Å². The summed E-state index contributed by atoms with van der Waals surface area (Å²) in [5.74, 6) is -2.19. The molecule has 0 radical (unpaired) electrons. The lowest BCUT2D eigenvalue weighted by Crippen LogP contribution is -2.46. The van der Waals surface area contributed by atoms with Gasteiger partial charge in [-0.1, -0.05) is 62.4 Å². The molecule has 2 amide bonds. The maximum Gasteiger partial charge on any atom is 0.407 e. The Morgan fingerprint density at radius 3 is 2.15 bits per heavy atom. The van der Waals surface area contributed by atoms with E-state index in [1.54, 1.807) is 0 Å². The fourth-order valence-corrected chi connectivity index (χ4v) is 4.32. The minimum atomic E-state index is -1.10. The van der Waals surface area contributed by atoms with Gasteiger partial charge in [0, 0.05) is 26.1 Å². The number of carboxylic acid groups (broad SMARTS) is 1. The summed E-state index contributed by atoms with van der Waals surface area (Å²) >= 11 is 0. The van der Waals surface area contributed by atoms with Gasteiger partial charge in [0.15, 0.2) is 0 Å². The molecule has 0 aliphatic heterocycles. The molecule has 8 heteroatoms. The van der Waals surface area contributed by atoms with Gasteiger partial charge in [0.05, 0.1) is 12.5 Å². The van der Waals surface area contributed by atoms with E-state index in [2.05, 4.69) is 17.4 Å². The summed E-state index contributed by atoms with van der Waals surface area (Å²) in [5, 5.41) is 11.9. The topological polar surface area (TPSA) is 105 Å². The first kappa shape index (κ1) is 25.2. The van der Waals surface area contributed by atoms with Crippen LogP contribution in [0.3, 0.4) is 0 Å². The number of nitrogens with one attached hydrogen (secondary N) is 1. The second-order valence-electron chi connectivity index (χ2n) is 8.70. The molecule has 1 atom stereocenters. The third-order valence-corrected chi connectivity index (χ3v) is 6.14. The van der Waals surface area contributed by atoms with Gasteiger partial charge in [-0.3, -0.25) is 9.59 Å². The number of carbonyl (C=O) groups is 3. The number of fused-ring (bicyclic) bond motifs is 3. The summed E-state index contributed by atoms with van der Waals surface area (Å²) in [5.41, 5.74) is 4.53. The van der Waals surface area contributed by atoms with Gasteiger partial charge in [-0.25, -0.2) is 4.79 Å². The molecule has 1 aliphatic carbocycles. The number of hydrogen-bond donors (Lipinski definition) is 2. The van der Waals surface area contributed by atoms with Crippen molar-refractivity contribution in [2.24, 2.45) is 11.8 Å². The van der Waals surface area contributed by atoms with Crippen molar-refractivity contribution in [1.82, 2.24) is 10.2 Å². The van der Waals surface area contributed by atoms with Gasteiger partial charge in [-0.15, -0.1) is 0 Å². The molecule has 2 aromatic carbocycles. The Kier molecular flexibility index (Phi) is 8.65. The number of amides is 2. The molecule has 1 aliphatic rings. The number of methoxy groups -OCH3 is 1. The highest BCUT2D eigenvalue weighted by atomic mass is 16.5.